The fourth-order valence-corrected chi connectivity index (χ4v) is 3.78. The van der Waals surface area contributed by atoms with Crippen LogP contribution in [0, 0.1) is 5.92 Å². The largest absolute Gasteiger partial charge is 0.351 e. The second kappa shape index (κ2) is 11.3. The number of amides is 2. The summed E-state index contributed by atoms with van der Waals surface area (Å²) in [5.41, 5.74) is 13.7. The van der Waals surface area contributed by atoms with Crippen LogP contribution < -0.4 is 16.8 Å². The molecular weight excluding hydrogens is 364 g/mol. The molecule has 0 aromatic rings. The second-order valence-electron chi connectivity index (χ2n) is 7.17. The fourth-order valence-electron chi connectivity index (χ4n) is 3.54. The number of unbranched alkanes of at least 4 members (excludes halogenated alkanes) is 1. The fraction of sp³-hybridized carbons (Fsp3) is 0.600. The molecule has 2 unspecified atom stereocenters. The van der Waals surface area contributed by atoms with Gasteiger partial charge in [0.25, 0.3) is 0 Å². The highest BCUT2D eigenvalue weighted by molar-refractivity contribution is 6.23. The topological polar surface area (TPSA) is 101 Å². The van der Waals surface area contributed by atoms with Crippen molar-refractivity contribution < 1.29 is 9.59 Å². The molecule has 1 saturated heterocycles. The Bertz CT molecular complexity index is 595. The normalized spacial score (nSPS) is 21.9. The highest BCUT2D eigenvalue weighted by atomic mass is 35.5. The van der Waals surface area contributed by atoms with Crippen LogP contribution in [-0.2, 0) is 9.59 Å². The van der Waals surface area contributed by atoms with Crippen LogP contribution in [0.3, 0.4) is 0 Å². The predicted octanol–water partition coefficient (Wildman–Crippen LogP) is 1.46. The van der Waals surface area contributed by atoms with Gasteiger partial charge >= 0.3 is 0 Å². The van der Waals surface area contributed by atoms with Gasteiger partial charge in [0.05, 0.1) is 11.4 Å². The third-order valence-electron chi connectivity index (χ3n) is 5.18. The first kappa shape index (κ1) is 21.7. The molecule has 0 aromatic carbocycles. The molecule has 150 valence electrons. The number of likely N-dealkylation sites (tertiary alicyclic amines) is 1. The van der Waals surface area contributed by atoms with Gasteiger partial charge in [-0.2, -0.15) is 0 Å². The van der Waals surface area contributed by atoms with Crippen molar-refractivity contribution >= 4 is 23.9 Å². The van der Waals surface area contributed by atoms with Crippen molar-refractivity contribution in [2.24, 2.45) is 17.4 Å². The van der Waals surface area contributed by atoms with E-state index in [1.807, 2.05) is 18.2 Å². The number of allylic oxidation sites excluding steroid dienone is 4. The van der Waals surface area contributed by atoms with Crippen LogP contribution in [0.4, 0.5) is 0 Å². The van der Waals surface area contributed by atoms with Crippen LogP contribution in [0.15, 0.2) is 35.5 Å². The molecule has 0 radical (unpaired) electrons. The summed E-state index contributed by atoms with van der Waals surface area (Å²) in [4.78, 5) is 25.1. The van der Waals surface area contributed by atoms with E-state index in [1.54, 1.807) is 4.90 Å². The number of carbonyl (C=O) groups excluding carboxylic acids is 2. The van der Waals surface area contributed by atoms with Crippen molar-refractivity contribution in [3.63, 3.8) is 0 Å². The van der Waals surface area contributed by atoms with Gasteiger partial charge in [-0.3, -0.25) is 9.59 Å². The number of hydrogen-bond acceptors (Lipinski definition) is 4. The number of nitrogens with two attached hydrogens (primary N) is 2. The van der Waals surface area contributed by atoms with E-state index in [2.05, 4.69) is 11.4 Å². The summed E-state index contributed by atoms with van der Waals surface area (Å²) in [7, 11) is 0. The summed E-state index contributed by atoms with van der Waals surface area (Å²) in [5.74, 6) is 0.209. The molecule has 2 rings (SSSR count). The Morgan fingerprint density at radius 3 is 2.78 bits per heavy atom. The van der Waals surface area contributed by atoms with Gasteiger partial charge in [0.1, 0.15) is 0 Å². The summed E-state index contributed by atoms with van der Waals surface area (Å²) in [5, 5.41) is 2.75. The van der Waals surface area contributed by atoms with Crippen LogP contribution in [0.1, 0.15) is 32.1 Å². The van der Waals surface area contributed by atoms with Crippen LogP contribution >= 0.6 is 11.6 Å². The molecule has 2 amide bonds. The Balaban J connectivity index is 1.97. The molecule has 0 spiro atoms. The maximum atomic E-state index is 12.3. The standard InChI is InChI=1S/C20H31ClN4O2/c21-17-4-3-5-18(15-7-10-25(14-26)11-8-15)16(12-17)13-24-20(27)19(23)6-1-2-9-22/h3-5,12,14-15,17,19H,1-2,6-11,13,22-23H2,(H,24,27). The minimum absolute atomic E-state index is 0.147. The maximum absolute atomic E-state index is 12.3. The third kappa shape index (κ3) is 6.79. The molecule has 1 aliphatic carbocycles. The lowest BCUT2D eigenvalue weighted by molar-refractivity contribution is -0.122. The van der Waals surface area contributed by atoms with E-state index in [9.17, 15) is 9.59 Å². The predicted molar refractivity (Wildman–Crippen MR) is 109 cm³/mol. The summed E-state index contributed by atoms with van der Waals surface area (Å²) in [6.07, 6.45) is 13.1. The average molecular weight is 395 g/mol. The number of nitrogens with zero attached hydrogens (tertiary/aromatic N) is 1. The van der Waals surface area contributed by atoms with Gasteiger partial charge in [-0.05, 0) is 49.3 Å². The maximum Gasteiger partial charge on any atom is 0.237 e. The number of nitrogens with one attached hydrogen (secondary N) is 1. The summed E-state index contributed by atoms with van der Waals surface area (Å²) in [6, 6.07) is -0.517. The molecule has 1 aliphatic heterocycles. The minimum Gasteiger partial charge on any atom is -0.351 e. The SMILES string of the molecule is NCCCCC(N)C(=O)NCC1=CC(Cl)C=CC=C1C1CCN(C=O)CC1. The number of halogens is 1. The Kier molecular flexibility index (Phi) is 9.04. The van der Waals surface area contributed by atoms with E-state index in [-0.39, 0.29) is 11.3 Å². The highest BCUT2D eigenvalue weighted by Crippen LogP contribution is 2.31. The summed E-state index contributed by atoms with van der Waals surface area (Å²) < 4.78 is 0. The number of rotatable bonds is 9. The van der Waals surface area contributed by atoms with Crippen molar-refractivity contribution in [3.8, 4) is 0 Å². The smallest absolute Gasteiger partial charge is 0.237 e. The molecule has 0 bridgehead atoms. The van der Waals surface area contributed by atoms with Crippen molar-refractivity contribution in [2.45, 2.75) is 43.5 Å². The lowest BCUT2D eigenvalue weighted by atomic mass is 9.84. The van der Waals surface area contributed by atoms with Gasteiger partial charge in [0, 0.05) is 19.6 Å². The zero-order valence-corrected chi connectivity index (χ0v) is 16.5. The number of carbonyl (C=O) groups is 2. The van der Waals surface area contributed by atoms with E-state index < -0.39 is 6.04 Å². The Labute approximate surface area is 166 Å². The van der Waals surface area contributed by atoms with Crippen LogP contribution in [-0.4, -0.2) is 54.8 Å². The van der Waals surface area contributed by atoms with Gasteiger partial charge in [0.2, 0.25) is 12.3 Å². The molecule has 0 aromatic heterocycles. The van der Waals surface area contributed by atoms with Gasteiger partial charge < -0.3 is 21.7 Å². The van der Waals surface area contributed by atoms with Crippen LogP contribution in [0.25, 0.3) is 0 Å². The minimum atomic E-state index is -0.517. The first-order chi connectivity index (χ1) is 13.0. The lowest BCUT2D eigenvalue weighted by Crippen LogP contribution is -2.41. The molecule has 0 saturated carbocycles. The van der Waals surface area contributed by atoms with Crippen LogP contribution in [0.2, 0.25) is 0 Å². The van der Waals surface area contributed by atoms with E-state index in [4.69, 9.17) is 23.1 Å². The van der Waals surface area contributed by atoms with Crippen molar-refractivity contribution in [1.82, 2.24) is 10.2 Å². The molecule has 6 nitrogen and oxygen atoms in total. The van der Waals surface area contributed by atoms with Crippen molar-refractivity contribution in [2.75, 3.05) is 26.2 Å². The zero-order valence-electron chi connectivity index (χ0n) is 15.8. The Morgan fingerprint density at radius 1 is 1.37 bits per heavy atom. The lowest BCUT2D eigenvalue weighted by Gasteiger charge is -2.31. The third-order valence-corrected chi connectivity index (χ3v) is 5.45. The van der Waals surface area contributed by atoms with Crippen LogP contribution in [0.5, 0.6) is 0 Å². The van der Waals surface area contributed by atoms with E-state index >= 15 is 0 Å². The highest BCUT2D eigenvalue weighted by Gasteiger charge is 2.25. The summed E-state index contributed by atoms with van der Waals surface area (Å²) >= 11 is 6.33. The number of hydrogen-bond donors (Lipinski definition) is 3. The van der Waals surface area contributed by atoms with Gasteiger partial charge in [0.15, 0.2) is 0 Å². The average Bonchev–Trinajstić information content (AvgIpc) is 2.87. The quantitative estimate of drug-likeness (QED) is 0.313. The molecular formula is C20H31ClN4O2. The van der Waals surface area contributed by atoms with E-state index in [0.717, 1.165) is 50.8 Å². The molecule has 1 fully saturated rings. The van der Waals surface area contributed by atoms with Crippen molar-refractivity contribution in [1.29, 1.82) is 0 Å². The summed E-state index contributed by atoms with van der Waals surface area (Å²) in [6.45, 7) is 2.53. The number of piperidine rings is 1. The van der Waals surface area contributed by atoms with Crippen molar-refractivity contribution in [3.05, 3.63) is 35.5 Å². The van der Waals surface area contributed by atoms with Gasteiger partial charge in [-0.25, -0.2) is 0 Å². The first-order valence-electron chi connectivity index (χ1n) is 9.71. The first-order valence-corrected chi connectivity index (χ1v) is 10.1. The molecule has 2 aliphatic rings. The Hall–Kier alpha value is -1.63. The zero-order chi connectivity index (χ0) is 19.6. The molecule has 7 heteroatoms. The molecule has 27 heavy (non-hydrogen) atoms. The van der Waals surface area contributed by atoms with Gasteiger partial charge in [-0.1, -0.05) is 30.7 Å². The van der Waals surface area contributed by atoms with Gasteiger partial charge in [-0.15, -0.1) is 11.6 Å². The second-order valence-corrected chi connectivity index (χ2v) is 7.67. The Morgan fingerprint density at radius 2 is 2.11 bits per heavy atom. The molecule has 2 atom stereocenters. The molecule has 1 heterocycles. The van der Waals surface area contributed by atoms with E-state index in [0.29, 0.717) is 25.4 Å². The molecule has 5 N–H and O–H groups in total. The number of alkyl halides is 1. The monoisotopic (exact) mass is 394 g/mol. The van der Waals surface area contributed by atoms with E-state index in [1.165, 1.54) is 5.57 Å².